The average Bonchev–Trinajstić information content (AvgIpc) is 2.46. The zero-order valence-electron chi connectivity index (χ0n) is 12.4. The fourth-order valence-electron chi connectivity index (χ4n) is 1.83. The molecule has 0 saturated heterocycles. The molecule has 1 aromatic heterocycles. The van der Waals surface area contributed by atoms with Crippen molar-refractivity contribution in [1.82, 2.24) is 4.98 Å². The summed E-state index contributed by atoms with van der Waals surface area (Å²) < 4.78 is 5.82. The molecule has 0 unspecified atom stereocenters. The molecule has 1 aromatic carbocycles. The Balaban J connectivity index is 2.27. The van der Waals surface area contributed by atoms with Crippen LogP contribution in [0.15, 0.2) is 47.8 Å². The Morgan fingerprint density at radius 1 is 1.19 bits per heavy atom. The van der Waals surface area contributed by atoms with Gasteiger partial charge in [-0.3, -0.25) is 4.98 Å². The number of rotatable bonds is 3. The molecule has 0 aliphatic rings. The fourth-order valence-corrected chi connectivity index (χ4v) is 1.83. The van der Waals surface area contributed by atoms with Crippen molar-refractivity contribution in [2.45, 2.75) is 26.2 Å². The van der Waals surface area contributed by atoms with Crippen LogP contribution in [0, 0.1) is 0 Å². The maximum absolute atomic E-state index is 8.68. The van der Waals surface area contributed by atoms with Gasteiger partial charge >= 0.3 is 0 Å². The average molecular weight is 285 g/mol. The van der Waals surface area contributed by atoms with Crippen molar-refractivity contribution in [3.8, 4) is 11.5 Å². The Bertz CT molecular complexity index is 661. The zero-order valence-corrected chi connectivity index (χ0v) is 12.4. The molecule has 3 N–H and O–H groups in total. The molecule has 0 radical (unpaired) electrons. The molecule has 21 heavy (non-hydrogen) atoms. The highest BCUT2D eigenvalue weighted by atomic mass is 16.5. The van der Waals surface area contributed by atoms with Crippen LogP contribution < -0.4 is 10.5 Å². The molecule has 1 heterocycles. The van der Waals surface area contributed by atoms with E-state index in [2.05, 4.69) is 37.0 Å². The van der Waals surface area contributed by atoms with Gasteiger partial charge in [-0.2, -0.15) is 0 Å². The number of benzene rings is 1. The van der Waals surface area contributed by atoms with E-state index in [-0.39, 0.29) is 11.3 Å². The molecule has 2 aromatic rings. The minimum absolute atomic E-state index is 0.0520. The summed E-state index contributed by atoms with van der Waals surface area (Å²) in [5, 5.41) is 11.6. The third kappa shape index (κ3) is 3.72. The molecule has 5 nitrogen and oxygen atoms in total. The first-order valence-corrected chi connectivity index (χ1v) is 6.62. The van der Waals surface area contributed by atoms with Crippen LogP contribution in [0.25, 0.3) is 0 Å². The first-order chi connectivity index (χ1) is 9.90. The SMILES string of the molecule is CC(C)(C)c1cccc(Oc2ccnc(C(N)=NO)c2)c1. The predicted octanol–water partition coefficient (Wildman–Crippen LogP) is 3.27. The Kier molecular flexibility index (Phi) is 4.12. The van der Waals surface area contributed by atoms with Gasteiger partial charge in [0.05, 0.1) is 0 Å². The largest absolute Gasteiger partial charge is 0.457 e. The maximum atomic E-state index is 8.68. The van der Waals surface area contributed by atoms with Gasteiger partial charge in [-0.25, -0.2) is 0 Å². The van der Waals surface area contributed by atoms with Crippen molar-refractivity contribution in [3.63, 3.8) is 0 Å². The number of pyridine rings is 1. The summed E-state index contributed by atoms with van der Waals surface area (Å²) in [5.41, 5.74) is 7.12. The van der Waals surface area contributed by atoms with E-state index in [4.69, 9.17) is 15.7 Å². The number of nitrogens with zero attached hydrogens (tertiary/aromatic N) is 2. The summed E-state index contributed by atoms with van der Waals surface area (Å²) in [7, 11) is 0. The van der Waals surface area contributed by atoms with Gasteiger partial charge in [0.25, 0.3) is 0 Å². The molecular formula is C16H19N3O2. The molecule has 0 spiro atoms. The predicted molar refractivity (Wildman–Crippen MR) is 82.0 cm³/mol. The number of oxime groups is 1. The van der Waals surface area contributed by atoms with E-state index in [0.29, 0.717) is 11.4 Å². The molecule has 0 aliphatic heterocycles. The standard InChI is InChI=1S/C16H19N3O2/c1-16(2,3)11-5-4-6-12(9-11)21-13-7-8-18-14(10-13)15(17)19-20/h4-10,20H,1-3H3,(H2,17,19). The molecule has 5 heteroatoms. The van der Waals surface area contributed by atoms with Crippen LogP contribution in [-0.4, -0.2) is 16.0 Å². The van der Waals surface area contributed by atoms with Crippen LogP contribution in [0.1, 0.15) is 32.0 Å². The van der Waals surface area contributed by atoms with Crippen LogP contribution in [0.5, 0.6) is 11.5 Å². The molecule has 2 rings (SSSR count). The van der Waals surface area contributed by atoms with Crippen LogP contribution >= 0.6 is 0 Å². The quantitative estimate of drug-likeness (QED) is 0.392. The lowest BCUT2D eigenvalue weighted by Crippen LogP contribution is -2.14. The first kappa shape index (κ1) is 14.8. The van der Waals surface area contributed by atoms with Crippen molar-refractivity contribution in [2.75, 3.05) is 0 Å². The Hall–Kier alpha value is -2.56. The number of amidine groups is 1. The van der Waals surface area contributed by atoms with Gasteiger partial charge < -0.3 is 15.7 Å². The van der Waals surface area contributed by atoms with Crippen molar-refractivity contribution in [1.29, 1.82) is 0 Å². The summed E-state index contributed by atoms with van der Waals surface area (Å²) in [6, 6.07) is 11.3. The molecule has 110 valence electrons. The van der Waals surface area contributed by atoms with Gasteiger partial charge in [-0.05, 0) is 29.2 Å². The summed E-state index contributed by atoms with van der Waals surface area (Å²) in [6.45, 7) is 6.44. The van der Waals surface area contributed by atoms with Crippen molar-refractivity contribution < 1.29 is 9.94 Å². The highest BCUT2D eigenvalue weighted by molar-refractivity contribution is 5.95. The summed E-state index contributed by atoms with van der Waals surface area (Å²) in [6.07, 6.45) is 1.55. The van der Waals surface area contributed by atoms with E-state index in [9.17, 15) is 0 Å². The van der Waals surface area contributed by atoms with Crippen LogP contribution in [0.3, 0.4) is 0 Å². The van der Waals surface area contributed by atoms with Gasteiger partial charge in [0.15, 0.2) is 5.84 Å². The fraction of sp³-hybridized carbons (Fsp3) is 0.250. The van der Waals surface area contributed by atoms with E-state index >= 15 is 0 Å². The zero-order chi connectivity index (χ0) is 15.5. The summed E-state index contributed by atoms with van der Waals surface area (Å²) >= 11 is 0. The van der Waals surface area contributed by atoms with Crippen molar-refractivity contribution >= 4 is 5.84 Å². The normalized spacial score (nSPS) is 12.2. The van der Waals surface area contributed by atoms with Gasteiger partial charge in [0.2, 0.25) is 0 Å². The molecule has 0 aliphatic carbocycles. The highest BCUT2D eigenvalue weighted by Gasteiger charge is 2.14. The first-order valence-electron chi connectivity index (χ1n) is 6.62. The minimum atomic E-state index is -0.0520. The molecular weight excluding hydrogens is 266 g/mol. The number of nitrogens with two attached hydrogens (primary N) is 1. The van der Waals surface area contributed by atoms with Gasteiger partial charge in [-0.1, -0.05) is 38.1 Å². The lowest BCUT2D eigenvalue weighted by molar-refractivity contribution is 0.318. The summed E-state index contributed by atoms with van der Waals surface area (Å²) in [4.78, 5) is 4.01. The van der Waals surface area contributed by atoms with E-state index in [0.717, 1.165) is 5.75 Å². The maximum Gasteiger partial charge on any atom is 0.188 e. The van der Waals surface area contributed by atoms with Crippen LogP contribution in [0.4, 0.5) is 0 Å². The molecule has 0 saturated carbocycles. The second-order valence-corrected chi connectivity index (χ2v) is 5.74. The second-order valence-electron chi connectivity index (χ2n) is 5.74. The molecule has 0 atom stereocenters. The van der Waals surface area contributed by atoms with E-state index in [1.807, 2.05) is 18.2 Å². The van der Waals surface area contributed by atoms with Gasteiger partial charge in [0, 0.05) is 12.3 Å². The van der Waals surface area contributed by atoms with Gasteiger partial charge in [-0.15, -0.1) is 0 Å². The van der Waals surface area contributed by atoms with Crippen molar-refractivity contribution in [2.24, 2.45) is 10.9 Å². The monoisotopic (exact) mass is 285 g/mol. The lowest BCUT2D eigenvalue weighted by atomic mass is 9.87. The Morgan fingerprint density at radius 3 is 2.57 bits per heavy atom. The highest BCUT2D eigenvalue weighted by Crippen LogP contribution is 2.28. The van der Waals surface area contributed by atoms with E-state index in [1.165, 1.54) is 5.56 Å². The smallest absolute Gasteiger partial charge is 0.188 e. The van der Waals surface area contributed by atoms with Crippen LogP contribution in [0.2, 0.25) is 0 Å². The third-order valence-corrected chi connectivity index (χ3v) is 3.04. The number of hydrogen-bond acceptors (Lipinski definition) is 4. The second kappa shape index (κ2) is 5.83. The number of hydrogen-bond donors (Lipinski definition) is 2. The Labute approximate surface area is 124 Å². The molecule has 0 fully saturated rings. The van der Waals surface area contributed by atoms with Crippen LogP contribution in [-0.2, 0) is 5.41 Å². The lowest BCUT2D eigenvalue weighted by Gasteiger charge is -2.19. The van der Waals surface area contributed by atoms with E-state index in [1.54, 1.807) is 18.3 Å². The van der Waals surface area contributed by atoms with E-state index < -0.39 is 0 Å². The Morgan fingerprint density at radius 2 is 1.90 bits per heavy atom. The number of ether oxygens (including phenoxy) is 1. The topological polar surface area (TPSA) is 80.7 Å². The third-order valence-electron chi connectivity index (χ3n) is 3.04. The number of aromatic nitrogens is 1. The summed E-state index contributed by atoms with van der Waals surface area (Å²) in [5.74, 6) is 1.26. The molecule has 0 bridgehead atoms. The van der Waals surface area contributed by atoms with Gasteiger partial charge in [0.1, 0.15) is 17.2 Å². The van der Waals surface area contributed by atoms with Crippen molar-refractivity contribution in [3.05, 3.63) is 53.9 Å². The molecule has 0 amide bonds. The minimum Gasteiger partial charge on any atom is -0.457 e.